The van der Waals surface area contributed by atoms with Crippen LogP contribution in [0, 0.1) is 0 Å². The number of fused-ring (bicyclic) bond motifs is 2. The van der Waals surface area contributed by atoms with E-state index in [9.17, 15) is 9.90 Å². The van der Waals surface area contributed by atoms with E-state index < -0.39 is 0 Å². The zero-order chi connectivity index (χ0) is 29.6. The molecule has 0 unspecified atom stereocenters. The van der Waals surface area contributed by atoms with Crippen LogP contribution in [0.1, 0.15) is 62.2 Å². The van der Waals surface area contributed by atoms with Crippen molar-refractivity contribution in [2.45, 2.75) is 51.9 Å². The summed E-state index contributed by atoms with van der Waals surface area (Å²) in [6.07, 6.45) is 7.14. The summed E-state index contributed by atoms with van der Waals surface area (Å²) in [7, 11) is 0. The van der Waals surface area contributed by atoms with Gasteiger partial charge in [0.05, 0.1) is 5.56 Å². The SMILES string of the molecule is CCCCCCCCC(=O)c1cc2cc(-c3ccccc3)ccc2c(-c2cccc3cc(-c4ccccc4)ccc23)c1O. The van der Waals surface area contributed by atoms with Crippen LogP contribution in [0.3, 0.4) is 0 Å². The Morgan fingerprint density at radius 1 is 0.558 bits per heavy atom. The molecule has 6 aromatic carbocycles. The highest BCUT2D eigenvalue weighted by Crippen LogP contribution is 2.44. The molecule has 6 aromatic rings. The van der Waals surface area contributed by atoms with Crippen molar-refractivity contribution >= 4 is 27.3 Å². The summed E-state index contributed by atoms with van der Waals surface area (Å²) in [5.74, 6) is 0.0865. The average Bonchev–Trinajstić information content (AvgIpc) is 3.06. The summed E-state index contributed by atoms with van der Waals surface area (Å²) < 4.78 is 0. The van der Waals surface area contributed by atoms with E-state index in [4.69, 9.17) is 0 Å². The van der Waals surface area contributed by atoms with Crippen LogP contribution in [-0.2, 0) is 0 Å². The van der Waals surface area contributed by atoms with Gasteiger partial charge in [0.1, 0.15) is 5.75 Å². The number of Topliss-reactive ketones (excluding diaryl/α,β-unsaturated/α-hetero) is 1. The number of benzene rings is 6. The molecular weight excluding hydrogens is 524 g/mol. The first-order valence-electron chi connectivity index (χ1n) is 15.6. The number of unbranched alkanes of at least 4 members (excludes halogenated alkanes) is 5. The largest absolute Gasteiger partial charge is 0.507 e. The third-order valence-electron chi connectivity index (χ3n) is 8.53. The first-order valence-corrected chi connectivity index (χ1v) is 15.6. The third kappa shape index (κ3) is 6.10. The Hall–Kier alpha value is -4.69. The maximum atomic E-state index is 13.6. The number of carbonyl (C=O) groups excluding carboxylic acids is 1. The van der Waals surface area contributed by atoms with Crippen LogP contribution in [-0.4, -0.2) is 10.9 Å². The smallest absolute Gasteiger partial charge is 0.166 e. The van der Waals surface area contributed by atoms with Crippen molar-refractivity contribution < 1.29 is 9.90 Å². The van der Waals surface area contributed by atoms with Gasteiger partial charge in [-0.2, -0.15) is 0 Å². The van der Waals surface area contributed by atoms with Gasteiger partial charge >= 0.3 is 0 Å². The lowest BCUT2D eigenvalue weighted by Crippen LogP contribution is -2.01. The highest BCUT2D eigenvalue weighted by molar-refractivity contribution is 6.13. The van der Waals surface area contributed by atoms with Crippen LogP contribution in [0.15, 0.2) is 121 Å². The van der Waals surface area contributed by atoms with Gasteiger partial charge in [-0.05, 0) is 74.0 Å². The number of hydrogen-bond donors (Lipinski definition) is 1. The van der Waals surface area contributed by atoms with E-state index in [-0.39, 0.29) is 11.5 Å². The lowest BCUT2D eigenvalue weighted by molar-refractivity contribution is 0.0976. The van der Waals surface area contributed by atoms with Gasteiger partial charge in [0.15, 0.2) is 5.78 Å². The number of phenols is 1. The predicted molar refractivity (Wildman–Crippen MR) is 182 cm³/mol. The van der Waals surface area contributed by atoms with E-state index >= 15 is 0 Å². The molecule has 0 aliphatic carbocycles. The Labute approximate surface area is 254 Å². The molecule has 1 N–H and O–H groups in total. The molecular formula is C41H38O2. The number of ketones is 1. The van der Waals surface area contributed by atoms with Gasteiger partial charge in [0.2, 0.25) is 0 Å². The van der Waals surface area contributed by atoms with Crippen LogP contribution in [0.4, 0.5) is 0 Å². The van der Waals surface area contributed by atoms with Crippen LogP contribution < -0.4 is 0 Å². The van der Waals surface area contributed by atoms with Gasteiger partial charge < -0.3 is 5.11 Å². The molecule has 2 heteroatoms. The quantitative estimate of drug-likeness (QED) is 0.126. The molecule has 0 amide bonds. The highest BCUT2D eigenvalue weighted by Gasteiger charge is 2.21. The maximum Gasteiger partial charge on any atom is 0.166 e. The molecule has 0 aromatic heterocycles. The molecule has 214 valence electrons. The third-order valence-corrected chi connectivity index (χ3v) is 8.53. The molecule has 0 aliphatic rings. The molecule has 0 radical (unpaired) electrons. The van der Waals surface area contributed by atoms with Crippen molar-refractivity contribution in [1.29, 1.82) is 0 Å². The first-order chi connectivity index (χ1) is 21.1. The van der Waals surface area contributed by atoms with E-state index in [1.807, 2.05) is 36.4 Å². The van der Waals surface area contributed by atoms with Gasteiger partial charge in [-0.3, -0.25) is 4.79 Å². The average molecular weight is 563 g/mol. The van der Waals surface area contributed by atoms with Crippen molar-refractivity contribution in [2.24, 2.45) is 0 Å². The molecule has 0 aliphatic heterocycles. The van der Waals surface area contributed by atoms with Crippen LogP contribution >= 0.6 is 0 Å². The van der Waals surface area contributed by atoms with Crippen LogP contribution in [0.25, 0.3) is 54.9 Å². The summed E-state index contributed by atoms with van der Waals surface area (Å²) in [5.41, 5.74) is 6.59. The summed E-state index contributed by atoms with van der Waals surface area (Å²) in [5, 5.41) is 15.9. The van der Waals surface area contributed by atoms with Gasteiger partial charge in [-0.15, -0.1) is 0 Å². The molecule has 2 nitrogen and oxygen atoms in total. The maximum absolute atomic E-state index is 13.6. The molecule has 0 bridgehead atoms. The second kappa shape index (κ2) is 13.1. The van der Waals surface area contributed by atoms with Gasteiger partial charge in [-0.1, -0.05) is 142 Å². The fourth-order valence-corrected chi connectivity index (χ4v) is 6.20. The zero-order valence-electron chi connectivity index (χ0n) is 24.9. The molecule has 0 atom stereocenters. The van der Waals surface area contributed by atoms with Crippen molar-refractivity contribution in [3.63, 3.8) is 0 Å². The van der Waals surface area contributed by atoms with Gasteiger partial charge in [0.25, 0.3) is 0 Å². The van der Waals surface area contributed by atoms with Crippen molar-refractivity contribution in [3.05, 3.63) is 127 Å². The minimum atomic E-state index is 0.00727. The zero-order valence-corrected chi connectivity index (χ0v) is 24.9. The lowest BCUT2D eigenvalue weighted by Gasteiger charge is -2.17. The topological polar surface area (TPSA) is 37.3 Å². The highest BCUT2D eigenvalue weighted by atomic mass is 16.3. The number of hydrogen-bond acceptors (Lipinski definition) is 2. The van der Waals surface area contributed by atoms with Crippen molar-refractivity contribution in [3.8, 4) is 39.1 Å². The molecule has 0 saturated heterocycles. The van der Waals surface area contributed by atoms with Gasteiger partial charge in [-0.25, -0.2) is 0 Å². The van der Waals surface area contributed by atoms with Crippen molar-refractivity contribution in [2.75, 3.05) is 0 Å². The minimum absolute atomic E-state index is 0.00727. The lowest BCUT2D eigenvalue weighted by atomic mass is 9.88. The summed E-state index contributed by atoms with van der Waals surface area (Å²) in [4.78, 5) is 13.6. The number of phenolic OH excluding ortho intramolecular Hbond substituents is 1. The van der Waals surface area contributed by atoms with Crippen molar-refractivity contribution in [1.82, 2.24) is 0 Å². The van der Waals surface area contributed by atoms with E-state index in [2.05, 4.69) is 91.9 Å². The normalized spacial score (nSPS) is 11.3. The van der Waals surface area contributed by atoms with E-state index in [0.29, 0.717) is 12.0 Å². The van der Waals surface area contributed by atoms with E-state index in [0.717, 1.165) is 68.6 Å². The Bertz CT molecular complexity index is 1870. The number of rotatable bonds is 11. The molecule has 6 rings (SSSR count). The second-order valence-electron chi connectivity index (χ2n) is 11.5. The Kier molecular flexibility index (Phi) is 8.65. The number of aromatic hydroxyl groups is 1. The van der Waals surface area contributed by atoms with E-state index in [1.165, 1.54) is 24.8 Å². The summed E-state index contributed by atoms with van der Waals surface area (Å²) >= 11 is 0. The Morgan fingerprint density at radius 3 is 1.84 bits per heavy atom. The standard InChI is InChI=1S/C41H38O2/c1-2-3-4-5-6-13-21-39(42)38-28-34-27-32(30-17-11-8-12-18-30)23-25-36(34)40(41(38)43)37-20-14-19-33-26-31(22-24-35(33)37)29-15-9-7-10-16-29/h7-12,14-20,22-28,43H,2-6,13,21H2,1H3. The molecule has 0 spiro atoms. The first kappa shape index (κ1) is 28.4. The Morgan fingerprint density at radius 2 is 1.16 bits per heavy atom. The minimum Gasteiger partial charge on any atom is -0.507 e. The van der Waals surface area contributed by atoms with Crippen LogP contribution in [0.2, 0.25) is 0 Å². The number of carbonyl (C=O) groups is 1. The molecule has 0 fully saturated rings. The van der Waals surface area contributed by atoms with E-state index in [1.54, 1.807) is 0 Å². The predicted octanol–water partition coefficient (Wildman–Crippen LogP) is 11.6. The Balaban J connectivity index is 1.47. The monoisotopic (exact) mass is 562 g/mol. The second-order valence-corrected chi connectivity index (χ2v) is 11.5. The fraction of sp³-hybridized carbons (Fsp3) is 0.195. The fourth-order valence-electron chi connectivity index (χ4n) is 6.20. The molecule has 0 heterocycles. The van der Waals surface area contributed by atoms with Crippen LogP contribution in [0.5, 0.6) is 5.75 Å². The molecule has 0 saturated carbocycles. The summed E-state index contributed by atoms with van der Waals surface area (Å²) in [6.45, 7) is 2.21. The van der Waals surface area contributed by atoms with Gasteiger partial charge in [0, 0.05) is 12.0 Å². The summed E-state index contributed by atoms with van der Waals surface area (Å²) in [6, 6.07) is 41.6. The molecule has 43 heavy (non-hydrogen) atoms.